The van der Waals surface area contributed by atoms with Gasteiger partial charge in [0.05, 0.1) is 6.54 Å². The van der Waals surface area contributed by atoms with Gasteiger partial charge in [0.2, 0.25) is 5.91 Å². The van der Waals surface area contributed by atoms with E-state index in [9.17, 15) is 9.59 Å². The van der Waals surface area contributed by atoms with Crippen molar-refractivity contribution in [2.24, 2.45) is 5.92 Å². The Morgan fingerprint density at radius 1 is 0.970 bits per heavy atom. The summed E-state index contributed by atoms with van der Waals surface area (Å²) in [6.07, 6.45) is 6.65. The first-order chi connectivity index (χ1) is 16.2. The molecule has 1 aliphatic heterocycles. The van der Waals surface area contributed by atoms with Crippen LogP contribution in [-0.2, 0) is 11.3 Å². The number of hydrogen-bond donors (Lipinski definition) is 1. The first kappa shape index (κ1) is 20.9. The van der Waals surface area contributed by atoms with Crippen molar-refractivity contribution >= 4 is 28.4 Å². The Balaban J connectivity index is 1.17. The van der Waals surface area contributed by atoms with E-state index in [1.165, 1.54) is 0 Å². The number of carbonyl (C=O) groups is 2. The molecule has 0 bridgehead atoms. The Morgan fingerprint density at radius 2 is 1.79 bits per heavy atom. The number of nitrogens with one attached hydrogen (secondary N) is 1. The zero-order valence-corrected chi connectivity index (χ0v) is 18.2. The number of hydrogen-bond acceptors (Lipinski definition) is 4. The molecule has 0 radical (unpaired) electrons. The van der Waals surface area contributed by atoms with E-state index in [4.69, 9.17) is 0 Å². The third-order valence-electron chi connectivity index (χ3n) is 6.13. The summed E-state index contributed by atoms with van der Waals surface area (Å²) in [5.74, 6) is 0.391. The van der Waals surface area contributed by atoms with Crippen LogP contribution in [0.15, 0.2) is 79.3 Å². The van der Waals surface area contributed by atoms with E-state index < -0.39 is 0 Å². The molecule has 2 aromatic carbocycles. The largest absolute Gasteiger partial charge is 0.339 e. The maximum absolute atomic E-state index is 13.1. The number of benzene rings is 2. The standard InChI is InChI=1S/C26H25N5O2/c32-25(28-24-12-16-31(29-24)18-19-5-4-13-27-17-19)21-10-14-30(15-11-21)26(33)23-9-3-7-20-6-1-2-8-22(20)23/h1-9,12-13,16-17,21H,10-11,14-15,18H2,(H,28,29,32). The Kier molecular flexibility index (Phi) is 5.85. The lowest BCUT2D eigenvalue weighted by molar-refractivity contribution is -0.121. The number of rotatable bonds is 5. The number of fused-ring (bicyclic) bond motifs is 1. The lowest BCUT2D eigenvalue weighted by atomic mass is 9.95. The number of nitrogens with zero attached hydrogens (tertiary/aromatic N) is 4. The van der Waals surface area contributed by atoms with Gasteiger partial charge in [-0.25, -0.2) is 0 Å². The molecule has 7 nitrogen and oxygen atoms in total. The van der Waals surface area contributed by atoms with E-state index in [2.05, 4.69) is 15.4 Å². The average molecular weight is 440 g/mol. The SMILES string of the molecule is O=C(Nc1ccn(Cc2cccnc2)n1)C1CCN(C(=O)c2cccc3ccccc23)CC1. The third-order valence-corrected chi connectivity index (χ3v) is 6.13. The van der Waals surface area contributed by atoms with E-state index in [1.54, 1.807) is 23.1 Å². The number of aromatic nitrogens is 3. The molecule has 33 heavy (non-hydrogen) atoms. The summed E-state index contributed by atoms with van der Waals surface area (Å²) in [6, 6.07) is 19.4. The topological polar surface area (TPSA) is 80.1 Å². The Labute approximate surface area is 192 Å². The van der Waals surface area contributed by atoms with Crippen molar-refractivity contribution in [2.45, 2.75) is 19.4 Å². The molecule has 7 heteroatoms. The van der Waals surface area contributed by atoms with Crippen LogP contribution in [0.2, 0.25) is 0 Å². The van der Waals surface area contributed by atoms with Crippen molar-refractivity contribution in [1.82, 2.24) is 19.7 Å². The second-order valence-corrected chi connectivity index (χ2v) is 8.34. The number of pyridine rings is 1. The molecule has 0 saturated carbocycles. The number of likely N-dealkylation sites (tertiary alicyclic amines) is 1. The fourth-order valence-electron chi connectivity index (χ4n) is 4.35. The highest BCUT2D eigenvalue weighted by Gasteiger charge is 2.28. The van der Waals surface area contributed by atoms with Crippen LogP contribution in [0.5, 0.6) is 0 Å². The minimum atomic E-state index is -0.134. The molecule has 0 spiro atoms. The molecule has 0 atom stereocenters. The van der Waals surface area contributed by atoms with Crippen LogP contribution < -0.4 is 5.32 Å². The molecule has 1 saturated heterocycles. The van der Waals surface area contributed by atoms with Crippen LogP contribution >= 0.6 is 0 Å². The van der Waals surface area contributed by atoms with Crippen LogP contribution in [0.1, 0.15) is 28.8 Å². The summed E-state index contributed by atoms with van der Waals surface area (Å²) in [4.78, 5) is 31.9. The molecule has 3 heterocycles. The molecule has 166 valence electrons. The predicted molar refractivity (Wildman–Crippen MR) is 127 cm³/mol. The van der Waals surface area contributed by atoms with Crippen molar-refractivity contribution in [3.8, 4) is 0 Å². The summed E-state index contributed by atoms with van der Waals surface area (Å²) in [5, 5.41) is 9.39. The van der Waals surface area contributed by atoms with Crippen molar-refractivity contribution in [3.05, 3.63) is 90.4 Å². The molecule has 1 aliphatic rings. The smallest absolute Gasteiger partial charge is 0.254 e. The van der Waals surface area contributed by atoms with Gasteiger partial charge in [0, 0.05) is 49.2 Å². The van der Waals surface area contributed by atoms with Crippen LogP contribution in [0.4, 0.5) is 5.82 Å². The molecule has 4 aromatic rings. The van der Waals surface area contributed by atoms with Gasteiger partial charge in [-0.15, -0.1) is 0 Å². The fourth-order valence-corrected chi connectivity index (χ4v) is 4.35. The third kappa shape index (κ3) is 4.62. The zero-order chi connectivity index (χ0) is 22.6. The molecule has 5 rings (SSSR count). The molecule has 1 N–H and O–H groups in total. The van der Waals surface area contributed by atoms with Crippen molar-refractivity contribution in [3.63, 3.8) is 0 Å². The normalized spacial score (nSPS) is 14.4. The second-order valence-electron chi connectivity index (χ2n) is 8.34. The van der Waals surface area contributed by atoms with Gasteiger partial charge in [-0.3, -0.25) is 19.3 Å². The number of amides is 2. The van der Waals surface area contributed by atoms with E-state index in [0.29, 0.717) is 38.3 Å². The van der Waals surface area contributed by atoms with E-state index in [0.717, 1.165) is 21.9 Å². The number of piperidine rings is 1. The minimum Gasteiger partial charge on any atom is -0.339 e. The number of carbonyl (C=O) groups excluding carboxylic acids is 2. The van der Waals surface area contributed by atoms with Gasteiger partial charge in [-0.1, -0.05) is 42.5 Å². The van der Waals surface area contributed by atoms with E-state index in [1.807, 2.05) is 65.7 Å². The highest BCUT2D eigenvalue weighted by atomic mass is 16.2. The molecule has 2 amide bonds. The molecular weight excluding hydrogens is 414 g/mol. The lowest BCUT2D eigenvalue weighted by Gasteiger charge is -2.31. The van der Waals surface area contributed by atoms with Crippen molar-refractivity contribution in [2.75, 3.05) is 18.4 Å². The summed E-state index contributed by atoms with van der Waals surface area (Å²) in [5.41, 5.74) is 1.76. The summed E-state index contributed by atoms with van der Waals surface area (Å²) >= 11 is 0. The summed E-state index contributed by atoms with van der Waals surface area (Å²) in [6.45, 7) is 1.73. The van der Waals surface area contributed by atoms with Gasteiger partial charge in [-0.05, 0) is 41.3 Å². The molecule has 2 aromatic heterocycles. The molecule has 0 unspecified atom stereocenters. The predicted octanol–water partition coefficient (Wildman–Crippen LogP) is 3.97. The maximum atomic E-state index is 13.1. The Bertz CT molecular complexity index is 1270. The molecule has 1 fully saturated rings. The van der Waals surface area contributed by atoms with Crippen LogP contribution in [0.25, 0.3) is 10.8 Å². The van der Waals surface area contributed by atoms with Gasteiger partial charge in [-0.2, -0.15) is 5.10 Å². The van der Waals surface area contributed by atoms with Crippen LogP contribution in [0.3, 0.4) is 0 Å². The Hall–Kier alpha value is -4.00. The van der Waals surface area contributed by atoms with Crippen LogP contribution in [-0.4, -0.2) is 44.6 Å². The highest BCUT2D eigenvalue weighted by Crippen LogP contribution is 2.24. The second kappa shape index (κ2) is 9.24. The zero-order valence-electron chi connectivity index (χ0n) is 18.2. The molecule has 0 aliphatic carbocycles. The minimum absolute atomic E-state index is 0.0276. The first-order valence-corrected chi connectivity index (χ1v) is 11.2. The quantitative estimate of drug-likeness (QED) is 0.510. The first-order valence-electron chi connectivity index (χ1n) is 11.2. The maximum Gasteiger partial charge on any atom is 0.254 e. The van der Waals surface area contributed by atoms with Crippen LogP contribution in [0, 0.1) is 5.92 Å². The fraction of sp³-hybridized carbons (Fsp3) is 0.231. The van der Waals surface area contributed by atoms with Gasteiger partial charge in [0.15, 0.2) is 5.82 Å². The average Bonchev–Trinajstić information content (AvgIpc) is 3.30. The van der Waals surface area contributed by atoms with Crippen molar-refractivity contribution in [1.29, 1.82) is 0 Å². The summed E-state index contributed by atoms with van der Waals surface area (Å²) < 4.78 is 1.78. The highest BCUT2D eigenvalue weighted by molar-refractivity contribution is 6.07. The van der Waals surface area contributed by atoms with E-state index >= 15 is 0 Å². The molecular formula is C26H25N5O2. The van der Waals surface area contributed by atoms with Gasteiger partial charge >= 0.3 is 0 Å². The Morgan fingerprint density at radius 3 is 2.61 bits per heavy atom. The van der Waals surface area contributed by atoms with Gasteiger partial charge < -0.3 is 10.2 Å². The lowest BCUT2D eigenvalue weighted by Crippen LogP contribution is -2.41. The monoisotopic (exact) mass is 439 g/mol. The summed E-state index contributed by atoms with van der Waals surface area (Å²) in [7, 11) is 0. The van der Waals surface area contributed by atoms with Crippen molar-refractivity contribution < 1.29 is 9.59 Å². The van der Waals surface area contributed by atoms with Gasteiger partial charge in [0.1, 0.15) is 0 Å². The van der Waals surface area contributed by atoms with Gasteiger partial charge in [0.25, 0.3) is 5.91 Å². The van der Waals surface area contributed by atoms with E-state index in [-0.39, 0.29) is 17.7 Å². The number of anilines is 1.